The van der Waals surface area contributed by atoms with Gasteiger partial charge in [-0.25, -0.2) is 4.39 Å². The van der Waals surface area contributed by atoms with Gasteiger partial charge in [-0.3, -0.25) is 9.59 Å². The summed E-state index contributed by atoms with van der Waals surface area (Å²) in [7, 11) is 1.45. The van der Waals surface area contributed by atoms with E-state index in [1.54, 1.807) is 29.2 Å². The topological polar surface area (TPSA) is 58.6 Å². The summed E-state index contributed by atoms with van der Waals surface area (Å²) in [6.07, 6.45) is 1.18. The van der Waals surface area contributed by atoms with Crippen molar-refractivity contribution in [1.29, 1.82) is 0 Å². The summed E-state index contributed by atoms with van der Waals surface area (Å²) in [4.78, 5) is 25.8. The van der Waals surface area contributed by atoms with Crippen LogP contribution < -0.4 is 10.2 Å². The number of nitrogens with one attached hydrogen (secondary N) is 1. The Balaban J connectivity index is 2.15. The molecule has 2 rings (SSSR count). The molecule has 0 aliphatic rings. The van der Waals surface area contributed by atoms with Gasteiger partial charge < -0.3 is 15.0 Å². The van der Waals surface area contributed by atoms with E-state index in [2.05, 4.69) is 5.32 Å². The zero-order valence-corrected chi connectivity index (χ0v) is 15.7. The lowest BCUT2D eigenvalue weighted by Gasteiger charge is -2.23. The summed E-state index contributed by atoms with van der Waals surface area (Å²) in [6, 6.07) is 13.4. The monoisotopic (exact) mass is 372 g/mol. The van der Waals surface area contributed by atoms with Gasteiger partial charge in [-0.2, -0.15) is 0 Å². The third kappa shape index (κ3) is 6.49. The average Bonchev–Trinajstić information content (AvgIpc) is 2.65. The zero-order chi connectivity index (χ0) is 19.6. The first-order valence-corrected chi connectivity index (χ1v) is 8.93. The minimum atomic E-state index is -0.347. The van der Waals surface area contributed by atoms with Crippen LogP contribution in [-0.2, 0) is 27.3 Å². The minimum absolute atomic E-state index is 0.0309. The van der Waals surface area contributed by atoms with E-state index in [-0.39, 0.29) is 37.2 Å². The third-order valence-electron chi connectivity index (χ3n) is 3.98. The van der Waals surface area contributed by atoms with Gasteiger partial charge in [-0.15, -0.1) is 0 Å². The fourth-order valence-electron chi connectivity index (χ4n) is 2.65. The highest BCUT2D eigenvalue weighted by Crippen LogP contribution is 2.19. The Morgan fingerprint density at radius 1 is 1.11 bits per heavy atom. The SMILES string of the molecule is CCCNC(=O)Cc1ccc(N(Cc2cccc(F)c2)C(=O)COC)cc1. The van der Waals surface area contributed by atoms with Crippen molar-refractivity contribution in [2.45, 2.75) is 26.3 Å². The average molecular weight is 372 g/mol. The number of carbonyl (C=O) groups excluding carboxylic acids is 2. The molecule has 0 aliphatic heterocycles. The van der Waals surface area contributed by atoms with Gasteiger partial charge in [0.1, 0.15) is 12.4 Å². The molecule has 0 heterocycles. The van der Waals surface area contributed by atoms with Crippen LogP contribution in [0.5, 0.6) is 0 Å². The van der Waals surface area contributed by atoms with E-state index in [1.807, 2.05) is 19.1 Å². The molecule has 6 heteroatoms. The van der Waals surface area contributed by atoms with Crippen molar-refractivity contribution in [3.63, 3.8) is 0 Å². The molecule has 0 aliphatic carbocycles. The predicted molar refractivity (Wildman–Crippen MR) is 103 cm³/mol. The Labute approximate surface area is 159 Å². The smallest absolute Gasteiger partial charge is 0.253 e. The normalized spacial score (nSPS) is 10.5. The first-order valence-electron chi connectivity index (χ1n) is 8.93. The van der Waals surface area contributed by atoms with Crippen LogP contribution in [0.1, 0.15) is 24.5 Å². The summed E-state index contributed by atoms with van der Waals surface area (Å²) >= 11 is 0. The summed E-state index contributed by atoms with van der Waals surface area (Å²) in [6.45, 7) is 2.82. The number of halogens is 1. The van der Waals surface area contributed by atoms with Gasteiger partial charge in [0.25, 0.3) is 5.91 Å². The lowest BCUT2D eigenvalue weighted by molar-refractivity contribution is -0.122. The van der Waals surface area contributed by atoms with Crippen LogP contribution in [0, 0.1) is 5.82 Å². The molecule has 2 aromatic rings. The van der Waals surface area contributed by atoms with E-state index in [1.165, 1.54) is 19.2 Å². The van der Waals surface area contributed by atoms with E-state index >= 15 is 0 Å². The fraction of sp³-hybridized carbons (Fsp3) is 0.333. The second kappa shape index (κ2) is 10.4. The molecule has 1 N–H and O–H groups in total. The number of ether oxygens (including phenoxy) is 1. The van der Waals surface area contributed by atoms with Crippen LogP contribution in [0.4, 0.5) is 10.1 Å². The van der Waals surface area contributed by atoms with Gasteiger partial charge in [0, 0.05) is 19.3 Å². The molecule has 0 spiro atoms. The Morgan fingerprint density at radius 3 is 2.48 bits per heavy atom. The molecule has 0 atom stereocenters. The maximum absolute atomic E-state index is 13.5. The summed E-state index contributed by atoms with van der Waals surface area (Å²) in [5, 5.41) is 2.84. The number of anilines is 1. The van der Waals surface area contributed by atoms with Crippen LogP contribution in [0.3, 0.4) is 0 Å². The van der Waals surface area contributed by atoms with Gasteiger partial charge in [-0.05, 0) is 41.8 Å². The first-order chi connectivity index (χ1) is 13.0. The van der Waals surface area contributed by atoms with Crippen molar-refractivity contribution in [3.8, 4) is 0 Å². The second-order valence-electron chi connectivity index (χ2n) is 6.24. The molecular weight excluding hydrogens is 347 g/mol. The molecule has 27 heavy (non-hydrogen) atoms. The number of methoxy groups -OCH3 is 1. The van der Waals surface area contributed by atoms with Crippen LogP contribution >= 0.6 is 0 Å². The quantitative estimate of drug-likeness (QED) is 0.736. The van der Waals surface area contributed by atoms with Gasteiger partial charge in [-0.1, -0.05) is 31.2 Å². The Bertz CT molecular complexity index is 762. The van der Waals surface area contributed by atoms with Gasteiger partial charge in [0.15, 0.2) is 0 Å². The van der Waals surface area contributed by atoms with Crippen LogP contribution in [0.25, 0.3) is 0 Å². The minimum Gasteiger partial charge on any atom is -0.375 e. The lowest BCUT2D eigenvalue weighted by Crippen LogP contribution is -2.33. The maximum Gasteiger partial charge on any atom is 0.253 e. The number of benzene rings is 2. The van der Waals surface area contributed by atoms with Crippen molar-refractivity contribution in [1.82, 2.24) is 5.32 Å². The highest BCUT2D eigenvalue weighted by molar-refractivity contribution is 5.94. The maximum atomic E-state index is 13.5. The molecule has 2 aromatic carbocycles. The van der Waals surface area contributed by atoms with Crippen LogP contribution in [0.2, 0.25) is 0 Å². The van der Waals surface area contributed by atoms with Crippen LogP contribution in [0.15, 0.2) is 48.5 Å². The molecule has 0 unspecified atom stereocenters. The summed E-state index contributed by atoms with van der Waals surface area (Å²) in [5.41, 5.74) is 2.21. The molecule has 0 saturated carbocycles. The molecule has 144 valence electrons. The first kappa shape index (κ1) is 20.6. The van der Waals surface area contributed by atoms with E-state index in [9.17, 15) is 14.0 Å². The molecular formula is C21H25FN2O3. The number of hydrogen-bond acceptors (Lipinski definition) is 3. The van der Waals surface area contributed by atoms with Crippen molar-refractivity contribution >= 4 is 17.5 Å². The van der Waals surface area contributed by atoms with Crippen molar-refractivity contribution in [2.75, 3.05) is 25.2 Å². The number of nitrogens with zero attached hydrogens (tertiary/aromatic N) is 1. The van der Waals surface area contributed by atoms with Gasteiger partial charge >= 0.3 is 0 Å². The highest BCUT2D eigenvalue weighted by atomic mass is 19.1. The Kier molecular flexibility index (Phi) is 7.95. The van der Waals surface area contributed by atoms with Crippen LogP contribution in [-0.4, -0.2) is 32.1 Å². The molecule has 5 nitrogen and oxygen atoms in total. The van der Waals surface area contributed by atoms with Crippen molar-refractivity contribution in [2.24, 2.45) is 0 Å². The van der Waals surface area contributed by atoms with Crippen molar-refractivity contribution < 1.29 is 18.7 Å². The molecule has 0 fully saturated rings. The summed E-state index contributed by atoms with van der Waals surface area (Å²) in [5.74, 6) is -0.605. The molecule has 0 aromatic heterocycles. The van der Waals surface area contributed by atoms with E-state index < -0.39 is 0 Å². The standard InChI is InChI=1S/C21H25FN2O3/c1-3-11-23-20(25)13-16-7-9-19(10-8-16)24(21(26)15-27-2)14-17-5-4-6-18(22)12-17/h4-10,12H,3,11,13-15H2,1-2H3,(H,23,25). The highest BCUT2D eigenvalue weighted by Gasteiger charge is 2.16. The Hall–Kier alpha value is -2.73. The van der Waals surface area contributed by atoms with Crippen molar-refractivity contribution in [3.05, 3.63) is 65.5 Å². The third-order valence-corrected chi connectivity index (χ3v) is 3.98. The van der Waals surface area contributed by atoms with Gasteiger partial charge in [0.2, 0.25) is 5.91 Å². The fourth-order valence-corrected chi connectivity index (χ4v) is 2.65. The van der Waals surface area contributed by atoms with E-state index in [4.69, 9.17) is 4.74 Å². The number of amides is 2. The lowest BCUT2D eigenvalue weighted by atomic mass is 10.1. The zero-order valence-electron chi connectivity index (χ0n) is 15.7. The van der Waals surface area contributed by atoms with Gasteiger partial charge in [0.05, 0.1) is 13.0 Å². The molecule has 2 amide bonds. The van der Waals surface area contributed by atoms with E-state index in [0.29, 0.717) is 17.8 Å². The molecule has 0 saturated heterocycles. The number of rotatable bonds is 9. The summed E-state index contributed by atoms with van der Waals surface area (Å²) < 4.78 is 18.4. The number of hydrogen-bond donors (Lipinski definition) is 1. The molecule has 0 bridgehead atoms. The van der Waals surface area contributed by atoms with E-state index in [0.717, 1.165) is 12.0 Å². The molecule has 0 radical (unpaired) electrons. The second-order valence-corrected chi connectivity index (χ2v) is 6.24. The Morgan fingerprint density at radius 2 is 1.85 bits per heavy atom. The number of carbonyl (C=O) groups is 2. The predicted octanol–water partition coefficient (Wildman–Crippen LogP) is 3.07. The largest absolute Gasteiger partial charge is 0.375 e.